The van der Waals surface area contributed by atoms with Crippen LogP contribution in [-0.4, -0.2) is 35.0 Å². The van der Waals surface area contributed by atoms with Gasteiger partial charge in [-0.2, -0.15) is 0 Å². The van der Waals surface area contributed by atoms with E-state index in [0.717, 1.165) is 37.0 Å². The summed E-state index contributed by atoms with van der Waals surface area (Å²) in [5.41, 5.74) is 7.92. The van der Waals surface area contributed by atoms with Crippen molar-refractivity contribution in [3.05, 3.63) is 59.7 Å². The minimum atomic E-state index is -0.513. The van der Waals surface area contributed by atoms with Crippen molar-refractivity contribution >= 4 is 28.3 Å². The van der Waals surface area contributed by atoms with E-state index < -0.39 is 5.91 Å². The Morgan fingerprint density at radius 1 is 1.29 bits per heavy atom. The molecule has 6 nitrogen and oxygen atoms in total. The third kappa shape index (κ3) is 3.47. The highest BCUT2D eigenvalue weighted by molar-refractivity contribution is 6.06. The lowest BCUT2D eigenvalue weighted by atomic mass is 10.0. The molecule has 1 amide bonds. The molecule has 1 aromatic heterocycles. The quantitative estimate of drug-likeness (QED) is 0.727. The Morgan fingerprint density at radius 3 is 2.93 bits per heavy atom. The number of halogens is 1. The number of nitrogens with one attached hydrogen (secondary N) is 1. The Balaban J connectivity index is 1.58. The van der Waals surface area contributed by atoms with Crippen LogP contribution in [-0.2, 0) is 0 Å². The first-order valence-corrected chi connectivity index (χ1v) is 9.34. The number of carbonyl (C=O) groups excluding carboxylic acids is 1. The van der Waals surface area contributed by atoms with Crippen LogP contribution in [0.5, 0.6) is 0 Å². The average molecular weight is 379 g/mol. The number of aryl methyl sites for hydroxylation is 1. The standard InChI is InChI=1S/C21H22FN5O/c1-13-7-8-15(10-18(13)22)27-9-3-4-14(11-27)26-21-17-6-2-5-16(20(23)28)19(17)24-12-25-21/h2,5-8,10,12,14H,3-4,9,11H2,1H3,(H2,23,28)(H,24,25,26). The van der Waals surface area contributed by atoms with Crippen molar-refractivity contribution in [1.29, 1.82) is 0 Å². The minimum absolute atomic E-state index is 0.147. The molecule has 1 aliphatic rings. The molecule has 3 N–H and O–H groups in total. The van der Waals surface area contributed by atoms with Gasteiger partial charge in [-0.1, -0.05) is 12.1 Å². The van der Waals surface area contributed by atoms with Gasteiger partial charge in [0.15, 0.2) is 0 Å². The molecule has 2 heterocycles. The van der Waals surface area contributed by atoms with E-state index >= 15 is 0 Å². The molecule has 0 spiro atoms. The number of piperidine rings is 1. The average Bonchev–Trinajstić information content (AvgIpc) is 2.70. The molecule has 1 saturated heterocycles. The van der Waals surface area contributed by atoms with Crippen LogP contribution in [0.3, 0.4) is 0 Å². The van der Waals surface area contributed by atoms with E-state index in [1.807, 2.05) is 18.2 Å². The first kappa shape index (κ1) is 18.2. The van der Waals surface area contributed by atoms with Crippen LogP contribution < -0.4 is 16.0 Å². The third-order valence-corrected chi connectivity index (χ3v) is 5.21. The van der Waals surface area contributed by atoms with Gasteiger partial charge in [-0.15, -0.1) is 0 Å². The summed E-state index contributed by atoms with van der Waals surface area (Å²) in [6, 6.07) is 10.8. The van der Waals surface area contributed by atoms with Crippen LogP contribution in [0.1, 0.15) is 28.8 Å². The van der Waals surface area contributed by atoms with Gasteiger partial charge in [0.1, 0.15) is 18.0 Å². The van der Waals surface area contributed by atoms with E-state index in [9.17, 15) is 9.18 Å². The maximum Gasteiger partial charge on any atom is 0.250 e. The number of anilines is 2. The van der Waals surface area contributed by atoms with E-state index in [-0.39, 0.29) is 11.9 Å². The van der Waals surface area contributed by atoms with Crippen molar-refractivity contribution in [2.24, 2.45) is 5.73 Å². The van der Waals surface area contributed by atoms with Gasteiger partial charge in [0.25, 0.3) is 5.91 Å². The zero-order chi connectivity index (χ0) is 19.7. The van der Waals surface area contributed by atoms with Gasteiger partial charge < -0.3 is 16.0 Å². The molecule has 0 saturated carbocycles. The lowest BCUT2D eigenvalue weighted by Gasteiger charge is -2.35. The second kappa shape index (κ2) is 7.42. The molecule has 28 heavy (non-hydrogen) atoms. The van der Waals surface area contributed by atoms with Crippen molar-refractivity contribution in [2.45, 2.75) is 25.8 Å². The summed E-state index contributed by atoms with van der Waals surface area (Å²) < 4.78 is 14.0. The van der Waals surface area contributed by atoms with Crippen LogP contribution in [0.4, 0.5) is 15.9 Å². The highest BCUT2D eigenvalue weighted by Gasteiger charge is 2.22. The van der Waals surface area contributed by atoms with Crippen LogP contribution in [0, 0.1) is 12.7 Å². The molecule has 0 radical (unpaired) electrons. The monoisotopic (exact) mass is 379 g/mol. The number of nitrogens with zero attached hydrogens (tertiary/aromatic N) is 3. The van der Waals surface area contributed by atoms with E-state index in [4.69, 9.17) is 5.73 Å². The number of hydrogen-bond donors (Lipinski definition) is 2. The van der Waals surface area contributed by atoms with E-state index in [0.29, 0.717) is 22.5 Å². The number of hydrogen-bond acceptors (Lipinski definition) is 5. The number of carbonyl (C=O) groups is 1. The summed E-state index contributed by atoms with van der Waals surface area (Å²) in [5, 5.41) is 4.24. The lowest BCUT2D eigenvalue weighted by molar-refractivity contribution is 0.100. The summed E-state index contributed by atoms with van der Waals surface area (Å²) in [5.74, 6) is -0.0242. The molecule has 1 atom stereocenters. The fourth-order valence-corrected chi connectivity index (χ4v) is 3.70. The van der Waals surface area contributed by atoms with Crippen molar-refractivity contribution in [2.75, 3.05) is 23.3 Å². The summed E-state index contributed by atoms with van der Waals surface area (Å²) in [7, 11) is 0. The molecule has 0 bridgehead atoms. The first-order chi connectivity index (χ1) is 13.5. The molecule has 4 rings (SSSR count). The number of fused-ring (bicyclic) bond motifs is 1. The summed E-state index contributed by atoms with van der Waals surface area (Å²) >= 11 is 0. The molecular weight excluding hydrogens is 357 g/mol. The van der Waals surface area contributed by atoms with Gasteiger partial charge in [0.2, 0.25) is 0 Å². The SMILES string of the molecule is Cc1ccc(N2CCCC(Nc3ncnc4c(C(N)=O)cccc34)C2)cc1F. The molecule has 1 aliphatic heterocycles. The topological polar surface area (TPSA) is 84.1 Å². The maximum absolute atomic E-state index is 14.0. The summed E-state index contributed by atoms with van der Waals surface area (Å²) in [6.45, 7) is 3.39. The molecule has 7 heteroatoms. The fourth-order valence-electron chi connectivity index (χ4n) is 3.70. The fraction of sp³-hybridized carbons (Fsp3) is 0.286. The van der Waals surface area contributed by atoms with Crippen LogP contribution in [0.25, 0.3) is 10.9 Å². The van der Waals surface area contributed by atoms with Crippen LogP contribution in [0.2, 0.25) is 0 Å². The van der Waals surface area contributed by atoms with Gasteiger partial charge in [0, 0.05) is 30.2 Å². The van der Waals surface area contributed by atoms with Gasteiger partial charge in [0.05, 0.1) is 11.1 Å². The van der Waals surface area contributed by atoms with Gasteiger partial charge in [-0.3, -0.25) is 4.79 Å². The third-order valence-electron chi connectivity index (χ3n) is 5.21. The van der Waals surface area contributed by atoms with Gasteiger partial charge >= 0.3 is 0 Å². The molecule has 144 valence electrons. The van der Waals surface area contributed by atoms with Crippen LogP contribution in [0.15, 0.2) is 42.7 Å². The molecule has 1 unspecified atom stereocenters. The number of aromatic nitrogens is 2. The number of amides is 1. The van der Waals surface area contributed by atoms with Crippen molar-refractivity contribution in [1.82, 2.24) is 9.97 Å². The predicted octanol–water partition coefficient (Wildman–Crippen LogP) is 3.26. The molecule has 3 aromatic rings. The Morgan fingerprint density at radius 2 is 2.14 bits per heavy atom. The van der Waals surface area contributed by atoms with Crippen molar-refractivity contribution in [3.63, 3.8) is 0 Å². The minimum Gasteiger partial charge on any atom is -0.369 e. The molecular formula is C21H22FN5O. The highest BCUT2D eigenvalue weighted by atomic mass is 19.1. The lowest BCUT2D eigenvalue weighted by Crippen LogP contribution is -2.42. The molecule has 1 fully saturated rings. The first-order valence-electron chi connectivity index (χ1n) is 9.34. The second-order valence-corrected chi connectivity index (χ2v) is 7.15. The van der Waals surface area contributed by atoms with Gasteiger partial charge in [-0.25, -0.2) is 14.4 Å². The Bertz CT molecular complexity index is 1040. The smallest absolute Gasteiger partial charge is 0.250 e. The summed E-state index contributed by atoms with van der Waals surface area (Å²) in [6.07, 6.45) is 3.40. The van der Waals surface area contributed by atoms with Crippen molar-refractivity contribution in [3.8, 4) is 0 Å². The van der Waals surface area contributed by atoms with E-state index in [1.165, 1.54) is 6.33 Å². The normalized spacial score (nSPS) is 16.9. The second-order valence-electron chi connectivity index (χ2n) is 7.15. The predicted molar refractivity (Wildman–Crippen MR) is 108 cm³/mol. The highest BCUT2D eigenvalue weighted by Crippen LogP contribution is 2.26. The largest absolute Gasteiger partial charge is 0.369 e. The van der Waals surface area contributed by atoms with E-state index in [1.54, 1.807) is 25.1 Å². The Hall–Kier alpha value is -3.22. The molecule has 2 aromatic carbocycles. The number of nitrogens with two attached hydrogens (primary N) is 1. The Kier molecular flexibility index (Phi) is 4.81. The number of para-hydroxylation sites is 1. The van der Waals surface area contributed by atoms with Gasteiger partial charge in [-0.05, 0) is 49.6 Å². The summed E-state index contributed by atoms with van der Waals surface area (Å²) in [4.78, 5) is 22.5. The number of primary amides is 1. The Labute approximate surface area is 162 Å². The molecule has 0 aliphatic carbocycles. The number of rotatable bonds is 4. The van der Waals surface area contributed by atoms with Crippen molar-refractivity contribution < 1.29 is 9.18 Å². The zero-order valence-electron chi connectivity index (χ0n) is 15.7. The zero-order valence-corrected chi connectivity index (χ0v) is 15.7. The number of benzene rings is 2. The van der Waals surface area contributed by atoms with E-state index in [2.05, 4.69) is 20.2 Å². The maximum atomic E-state index is 14.0. The van der Waals surface area contributed by atoms with Crippen LogP contribution >= 0.6 is 0 Å².